The molecule has 4 aromatic rings. The molecule has 27 heavy (non-hydrogen) atoms. The van der Waals surface area contributed by atoms with Crippen molar-refractivity contribution < 1.29 is 9.47 Å². The van der Waals surface area contributed by atoms with E-state index in [1.807, 2.05) is 6.08 Å². The summed E-state index contributed by atoms with van der Waals surface area (Å²) in [4.78, 5) is 0. The molecule has 0 radical (unpaired) electrons. The van der Waals surface area contributed by atoms with Gasteiger partial charge in [0.1, 0.15) is 5.75 Å². The first-order valence-corrected chi connectivity index (χ1v) is 8.96. The Kier molecular flexibility index (Phi) is 4.33. The minimum atomic E-state index is 0.848. The quantitative estimate of drug-likeness (QED) is 0.296. The molecule has 0 saturated heterocycles. The lowest BCUT2D eigenvalue weighted by Gasteiger charge is -2.12. The molecule has 0 bridgehead atoms. The lowest BCUT2D eigenvalue weighted by molar-refractivity contribution is 0.339. The van der Waals surface area contributed by atoms with Crippen LogP contribution in [-0.2, 0) is 4.74 Å². The van der Waals surface area contributed by atoms with Crippen LogP contribution in [0.25, 0.3) is 44.0 Å². The van der Waals surface area contributed by atoms with Crippen molar-refractivity contribution >= 4 is 44.0 Å². The highest BCUT2D eigenvalue weighted by molar-refractivity contribution is 6.17. The molecule has 4 rings (SSSR count). The Hall–Kier alpha value is -3.26. The first kappa shape index (κ1) is 17.2. The van der Waals surface area contributed by atoms with Crippen LogP contribution in [0.3, 0.4) is 0 Å². The van der Waals surface area contributed by atoms with Crippen molar-refractivity contribution in [3.8, 4) is 5.75 Å². The van der Waals surface area contributed by atoms with E-state index in [-0.39, 0.29) is 0 Å². The average molecular weight is 354 g/mol. The summed E-state index contributed by atoms with van der Waals surface area (Å²) < 4.78 is 10.7. The molecule has 0 aromatic heterocycles. The molecule has 0 aliphatic rings. The highest BCUT2D eigenvalue weighted by Gasteiger charge is 2.09. The topological polar surface area (TPSA) is 18.5 Å². The molecule has 4 aromatic carbocycles. The van der Waals surface area contributed by atoms with Gasteiger partial charge >= 0.3 is 0 Å². The van der Waals surface area contributed by atoms with E-state index in [9.17, 15) is 0 Å². The summed E-state index contributed by atoms with van der Waals surface area (Å²) in [6.45, 7) is 5.95. The number of hydrogen-bond donors (Lipinski definition) is 0. The summed E-state index contributed by atoms with van der Waals surface area (Å²) in [7, 11) is 3.38. The molecule has 0 aliphatic heterocycles. The number of hydrogen-bond acceptors (Lipinski definition) is 2. The van der Waals surface area contributed by atoms with Crippen molar-refractivity contribution in [1.29, 1.82) is 0 Å². The summed E-state index contributed by atoms with van der Waals surface area (Å²) in [5.41, 5.74) is 3.29. The molecule has 0 aliphatic carbocycles. The van der Waals surface area contributed by atoms with Gasteiger partial charge in [-0.25, -0.2) is 0 Å². The standard InChI is InChI=1S/C25H22O2/c1-5-17-12-20-8-10-22-21-9-6-18(16(2)15-26-3)13-19(21)7-11-23(22)24(20)14-25(17)27-4/h5-15H,1H2,2-4H3/b16-15-. The molecule has 0 fully saturated rings. The summed E-state index contributed by atoms with van der Waals surface area (Å²) in [6.07, 6.45) is 3.61. The second kappa shape index (κ2) is 6.81. The first-order chi connectivity index (χ1) is 13.2. The van der Waals surface area contributed by atoms with Crippen LogP contribution in [0.5, 0.6) is 5.75 Å². The number of methoxy groups -OCH3 is 2. The summed E-state index contributed by atoms with van der Waals surface area (Å²) >= 11 is 0. The van der Waals surface area contributed by atoms with Crippen LogP contribution in [0.2, 0.25) is 0 Å². The van der Waals surface area contributed by atoms with Gasteiger partial charge in [0.15, 0.2) is 0 Å². The van der Waals surface area contributed by atoms with Gasteiger partial charge in [-0.1, -0.05) is 49.1 Å². The lowest BCUT2D eigenvalue weighted by Crippen LogP contribution is -1.89. The molecule has 0 spiro atoms. The van der Waals surface area contributed by atoms with Crippen LogP contribution in [0.4, 0.5) is 0 Å². The molecule has 0 amide bonds. The van der Waals surface area contributed by atoms with Crippen LogP contribution >= 0.6 is 0 Å². The van der Waals surface area contributed by atoms with Gasteiger partial charge < -0.3 is 9.47 Å². The number of rotatable bonds is 4. The Morgan fingerprint density at radius 2 is 1.48 bits per heavy atom. The monoisotopic (exact) mass is 354 g/mol. The van der Waals surface area contributed by atoms with E-state index in [2.05, 4.69) is 68.1 Å². The zero-order valence-corrected chi connectivity index (χ0v) is 15.9. The van der Waals surface area contributed by atoms with E-state index in [0.717, 1.165) is 16.9 Å². The van der Waals surface area contributed by atoms with Gasteiger partial charge in [-0.15, -0.1) is 0 Å². The predicted molar refractivity (Wildman–Crippen MR) is 116 cm³/mol. The first-order valence-electron chi connectivity index (χ1n) is 8.96. The smallest absolute Gasteiger partial charge is 0.126 e. The molecule has 2 nitrogen and oxygen atoms in total. The number of allylic oxidation sites excluding steroid dienone is 1. The Morgan fingerprint density at radius 1 is 0.815 bits per heavy atom. The molecule has 0 atom stereocenters. The third-order valence-corrected chi connectivity index (χ3v) is 5.15. The highest BCUT2D eigenvalue weighted by Crippen LogP contribution is 2.35. The molecule has 134 valence electrons. The largest absolute Gasteiger partial charge is 0.504 e. The summed E-state index contributed by atoms with van der Waals surface area (Å²) in [5.74, 6) is 0.848. The normalized spacial score (nSPS) is 11.9. The third kappa shape index (κ3) is 2.83. The van der Waals surface area contributed by atoms with E-state index in [4.69, 9.17) is 9.47 Å². The molecule has 0 heterocycles. The fourth-order valence-corrected chi connectivity index (χ4v) is 3.75. The van der Waals surface area contributed by atoms with Gasteiger partial charge in [0.2, 0.25) is 0 Å². The zero-order chi connectivity index (χ0) is 19.0. The van der Waals surface area contributed by atoms with Crippen molar-refractivity contribution in [2.75, 3.05) is 14.2 Å². The maximum absolute atomic E-state index is 5.56. The van der Waals surface area contributed by atoms with E-state index in [1.165, 1.54) is 37.9 Å². The zero-order valence-electron chi connectivity index (χ0n) is 15.9. The molecular formula is C25H22O2. The lowest BCUT2D eigenvalue weighted by atomic mass is 9.94. The summed E-state index contributed by atoms with van der Waals surface area (Å²) in [5, 5.41) is 7.32. The predicted octanol–water partition coefficient (Wildman–Crippen LogP) is 6.81. The molecule has 2 heteroatoms. The van der Waals surface area contributed by atoms with Crippen molar-refractivity contribution in [3.05, 3.63) is 78.6 Å². The Bertz CT molecular complexity index is 1220. The molecule has 0 saturated carbocycles. The number of ether oxygens (including phenoxy) is 2. The van der Waals surface area contributed by atoms with Gasteiger partial charge in [0.05, 0.1) is 20.5 Å². The van der Waals surface area contributed by atoms with E-state index in [0.29, 0.717) is 0 Å². The minimum Gasteiger partial charge on any atom is -0.504 e. The summed E-state index contributed by atoms with van der Waals surface area (Å²) in [6, 6.07) is 19.6. The fourth-order valence-electron chi connectivity index (χ4n) is 3.75. The molecular weight excluding hydrogens is 332 g/mol. The van der Waals surface area contributed by atoms with E-state index >= 15 is 0 Å². The Balaban J connectivity index is 2.00. The van der Waals surface area contributed by atoms with Gasteiger partial charge in [0, 0.05) is 5.56 Å². The second-order valence-corrected chi connectivity index (χ2v) is 6.72. The van der Waals surface area contributed by atoms with Crippen molar-refractivity contribution in [1.82, 2.24) is 0 Å². The van der Waals surface area contributed by atoms with Crippen molar-refractivity contribution in [2.24, 2.45) is 0 Å². The van der Waals surface area contributed by atoms with Crippen LogP contribution < -0.4 is 4.74 Å². The van der Waals surface area contributed by atoms with Crippen LogP contribution in [-0.4, -0.2) is 14.2 Å². The van der Waals surface area contributed by atoms with Gasteiger partial charge in [-0.3, -0.25) is 0 Å². The van der Waals surface area contributed by atoms with Crippen molar-refractivity contribution in [3.63, 3.8) is 0 Å². The Morgan fingerprint density at radius 3 is 2.15 bits per heavy atom. The minimum absolute atomic E-state index is 0.848. The van der Waals surface area contributed by atoms with Gasteiger partial charge in [-0.2, -0.15) is 0 Å². The van der Waals surface area contributed by atoms with E-state index in [1.54, 1.807) is 20.5 Å². The number of fused-ring (bicyclic) bond motifs is 5. The van der Waals surface area contributed by atoms with Crippen molar-refractivity contribution in [2.45, 2.75) is 6.92 Å². The molecule has 0 unspecified atom stereocenters. The maximum Gasteiger partial charge on any atom is 0.126 e. The van der Waals surface area contributed by atoms with Crippen LogP contribution in [0.1, 0.15) is 18.1 Å². The Labute approximate surface area is 159 Å². The average Bonchev–Trinajstić information content (AvgIpc) is 2.71. The SMILES string of the molecule is C=Cc1cc2ccc3c4ccc(/C(C)=C\OC)cc4ccc3c2cc1OC. The highest BCUT2D eigenvalue weighted by atomic mass is 16.5. The van der Waals surface area contributed by atoms with Crippen LogP contribution in [0.15, 0.2) is 67.4 Å². The maximum atomic E-state index is 5.56. The molecule has 0 N–H and O–H groups in total. The number of benzene rings is 4. The van der Waals surface area contributed by atoms with E-state index < -0.39 is 0 Å². The second-order valence-electron chi connectivity index (χ2n) is 6.72. The van der Waals surface area contributed by atoms with Gasteiger partial charge in [0.25, 0.3) is 0 Å². The van der Waals surface area contributed by atoms with Gasteiger partial charge in [-0.05, 0) is 68.6 Å². The fraction of sp³-hybridized carbons (Fsp3) is 0.120. The third-order valence-electron chi connectivity index (χ3n) is 5.15. The van der Waals surface area contributed by atoms with Crippen LogP contribution in [0, 0.1) is 0 Å².